The minimum absolute atomic E-state index is 0. The molecule has 0 aliphatic carbocycles. The third-order valence-corrected chi connectivity index (χ3v) is 1.78. The molecule has 1 heterocycles. The Hall–Kier alpha value is -0.293. The average molecular weight is 212 g/mol. The molecule has 0 saturated carbocycles. The summed E-state index contributed by atoms with van der Waals surface area (Å²) in [5.41, 5.74) is 1.25. The van der Waals surface area contributed by atoms with E-state index in [4.69, 9.17) is 0 Å². The summed E-state index contributed by atoms with van der Waals surface area (Å²) in [6, 6.07) is 5.24. The molecule has 0 saturated heterocycles. The predicted molar refractivity (Wildman–Crippen MR) is 65.3 cm³/mol. The third kappa shape index (κ3) is 10.2. The summed E-state index contributed by atoms with van der Waals surface area (Å²) in [7, 11) is 0. The Morgan fingerprint density at radius 3 is 2.25 bits per heavy atom. The van der Waals surface area contributed by atoms with Crippen molar-refractivity contribution >= 4 is 0 Å². The molecule has 0 fully saturated rings. The van der Waals surface area contributed by atoms with E-state index in [1.807, 2.05) is 19.2 Å². The van der Waals surface area contributed by atoms with Crippen LogP contribution in [-0.4, -0.2) is 17.6 Å². The number of hydrogen-bond acceptors (Lipinski definition) is 2. The summed E-state index contributed by atoms with van der Waals surface area (Å²) < 4.78 is 0. The molecule has 1 rings (SSSR count). The van der Waals surface area contributed by atoms with Crippen LogP contribution in [0, 0.1) is 19.9 Å². The number of hydrogen-bond donors (Lipinski definition) is 1. The Morgan fingerprint density at radius 1 is 1.44 bits per heavy atom. The van der Waals surface area contributed by atoms with Gasteiger partial charge in [-0.25, -0.2) is 12.1 Å². The molecule has 0 aromatic carbocycles. The Labute approximate surface area is 112 Å². The normalized spacial score (nSPS) is 11.1. The van der Waals surface area contributed by atoms with Crippen molar-refractivity contribution in [2.75, 3.05) is 6.54 Å². The van der Waals surface area contributed by atoms with Crippen molar-refractivity contribution in [3.05, 3.63) is 43.9 Å². The number of pyridine rings is 1. The fourth-order valence-corrected chi connectivity index (χ4v) is 0.899. The van der Waals surface area contributed by atoms with Crippen molar-refractivity contribution in [3.63, 3.8) is 0 Å². The Bertz CT molecular complexity index is 235. The van der Waals surface area contributed by atoms with E-state index in [0.717, 1.165) is 6.54 Å². The molecule has 86 valence electrons. The van der Waals surface area contributed by atoms with Crippen LogP contribution in [0.2, 0.25) is 0 Å². The fourth-order valence-electron chi connectivity index (χ4n) is 0.899. The molecule has 1 aromatic rings. The zero-order valence-electron chi connectivity index (χ0n) is 11.0. The van der Waals surface area contributed by atoms with Crippen molar-refractivity contribution in [2.45, 2.75) is 32.7 Å². The van der Waals surface area contributed by atoms with Gasteiger partial charge in [0, 0.05) is 0 Å². The summed E-state index contributed by atoms with van der Waals surface area (Å²) in [4.78, 5) is 3.95. The van der Waals surface area contributed by atoms with Gasteiger partial charge in [0.1, 0.15) is 0 Å². The topological polar surface area (TPSA) is 24.9 Å². The second kappa shape index (κ2) is 11.2. The fraction of sp³-hybridized carbons (Fsp3) is 0.462. The van der Waals surface area contributed by atoms with E-state index in [2.05, 4.69) is 44.1 Å². The van der Waals surface area contributed by atoms with Crippen molar-refractivity contribution in [3.8, 4) is 0 Å². The molecule has 0 bridgehead atoms. The van der Waals surface area contributed by atoms with E-state index in [9.17, 15) is 0 Å². The maximum absolute atomic E-state index is 3.95. The van der Waals surface area contributed by atoms with Crippen molar-refractivity contribution in [1.29, 1.82) is 0 Å². The van der Waals surface area contributed by atoms with Gasteiger partial charge in [-0.15, -0.1) is 12.6 Å². The molecule has 0 amide bonds. The van der Waals surface area contributed by atoms with Crippen LogP contribution in [0.3, 0.4) is 0 Å². The van der Waals surface area contributed by atoms with Gasteiger partial charge < -0.3 is 24.1 Å². The van der Waals surface area contributed by atoms with Crippen molar-refractivity contribution in [2.24, 2.45) is 0 Å². The summed E-state index contributed by atoms with van der Waals surface area (Å²) in [6.45, 7) is 14.3. The SMILES string of the molecule is CC(C)c1c[c-]cnc1.[CH2-]CN[C@H]([CH2-])C.[Li+]. The molecule has 16 heavy (non-hydrogen) atoms. The van der Waals surface area contributed by atoms with E-state index in [1.54, 1.807) is 6.20 Å². The van der Waals surface area contributed by atoms with Crippen LogP contribution in [0.15, 0.2) is 18.5 Å². The summed E-state index contributed by atoms with van der Waals surface area (Å²) in [6.07, 6.45) is 3.55. The second-order valence-corrected chi connectivity index (χ2v) is 3.73. The van der Waals surface area contributed by atoms with Gasteiger partial charge in [-0.1, -0.05) is 39.1 Å². The first kappa shape index (κ1) is 18.1. The molecule has 0 aliphatic heterocycles. The summed E-state index contributed by atoms with van der Waals surface area (Å²) in [5, 5.41) is 2.99. The van der Waals surface area contributed by atoms with Crippen LogP contribution in [0.5, 0.6) is 0 Å². The quantitative estimate of drug-likeness (QED) is 0.547. The second-order valence-electron chi connectivity index (χ2n) is 3.73. The van der Waals surface area contributed by atoms with Gasteiger partial charge in [-0.2, -0.15) is 5.56 Å². The van der Waals surface area contributed by atoms with E-state index in [0.29, 0.717) is 12.0 Å². The van der Waals surface area contributed by atoms with Gasteiger partial charge in [-0.05, 0) is 0 Å². The zero-order valence-corrected chi connectivity index (χ0v) is 11.0. The Kier molecular flexibility index (Phi) is 12.7. The maximum atomic E-state index is 3.95. The largest absolute Gasteiger partial charge is 1.00 e. The molecule has 0 unspecified atom stereocenters. The molecule has 1 aromatic heterocycles. The van der Waals surface area contributed by atoms with E-state index in [-0.39, 0.29) is 18.9 Å². The summed E-state index contributed by atoms with van der Waals surface area (Å²) >= 11 is 0. The molecule has 0 spiro atoms. The van der Waals surface area contributed by atoms with Crippen molar-refractivity contribution in [1.82, 2.24) is 10.3 Å². The molecule has 3 heteroatoms. The predicted octanol–water partition coefficient (Wildman–Crippen LogP) is -0.358. The smallest absolute Gasteiger partial charge is 0.373 e. The molecular formula is C13H21LiN2-2. The van der Waals surface area contributed by atoms with Gasteiger partial charge in [-0.3, -0.25) is 0 Å². The van der Waals surface area contributed by atoms with E-state index < -0.39 is 0 Å². The number of nitrogens with one attached hydrogen (secondary N) is 1. The molecule has 0 aliphatic rings. The first-order valence-electron chi connectivity index (χ1n) is 5.24. The van der Waals surface area contributed by atoms with Gasteiger partial charge in [0.05, 0.1) is 0 Å². The Balaban J connectivity index is 0. The molecule has 1 atom stereocenters. The maximum Gasteiger partial charge on any atom is 1.00 e. The number of rotatable bonds is 3. The number of nitrogens with zero attached hydrogens (tertiary/aromatic N) is 1. The average Bonchev–Trinajstić information content (AvgIpc) is 2.20. The van der Waals surface area contributed by atoms with Gasteiger partial charge in [0.2, 0.25) is 0 Å². The standard InChI is InChI=1S/C8H10N.C5H11N.Li/c1-7(2)8-4-3-5-9-6-8;1-4-6-5(2)3;/h4-7H,1-2H3;5-6H,1-2,4H2,3H3;/q-1;-2;+1/t;5-;/m.1./s1. The van der Waals surface area contributed by atoms with Crippen LogP contribution in [-0.2, 0) is 0 Å². The monoisotopic (exact) mass is 212 g/mol. The van der Waals surface area contributed by atoms with Crippen molar-refractivity contribution < 1.29 is 18.9 Å². The minimum Gasteiger partial charge on any atom is -0.373 e. The van der Waals surface area contributed by atoms with Crippen LogP contribution in [0.25, 0.3) is 0 Å². The zero-order chi connectivity index (χ0) is 11.7. The molecule has 1 N–H and O–H groups in total. The third-order valence-electron chi connectivity index (χ3n) is 1.78. The first-order valence-corrected chi connectivity index (χ1v) is 5.24. The minimum atomic E-state index is 0. The van der Waals surface area contributed by atoms with Crippen LogP contribution >= 0.6 is 0 Å². The molecule has 0 radical (unpaired) electrons. The Morgan fingerprint density at radius 2 is 2.06 bits per heavy atom. The number of aromatic nitrogens is 1. The van der Waals surface area contributed by atoms with E-state index in [1.165, 1.54) is 5.56 Å². The van der Waals surface area contributed by atoms with Crippen LogP contribution < -0.4 is 24.2 Å². The van der Waals surface area contributed by atoms with Gasteiger partial charge >= 0.3 is 18.9 Å². The van der Waals surface area contributed by atoms with Crippen LogP contribution in [0.4, 0.5) is 0 Å². The van der Waals surface area contributed by atoms with Gasteiger partial charge in [0.15, 0.2) is 0 Å². The van der Waals surface area contributed by atoms with E-state index >= 15 is 0 Å². The van der Waals surface area contributed by atoms with Crippen LogP contribution in [0.1, 0.15) is 32.3 Å². The first-order chi connectivity index (χ1) is 7.07. The molecular weight excluding hydrogens is 191 g/mol. The van der Waals surface area contributed by atoms with Gasteiger partial charge in [0.25, 0.3) is 0 Å². The molecule has 2 nitrogen and oxygen atoms in total. The summed E-state index contributed by atoms with van der Waals surface area (Å²) in [5.74, 6) is 0.565.